The van der Waals surface area contributed by atoms with Gasteiger partial charge in [0.1, 0.15) is 0 Å². The summed E-state index contributed by atoms with van der Waals surface area (Å²) in [6.07, 6.45) is 0. The summed E-state index contributed by atoms with van der Waals surface area (Å²) in [5.74, 6) is 0. The van der Waals surface area contributed by atoms with Crippen LogP contribution in [0, 0.1) is 27.7 Å². The summed E-state index contributed by atoms with van der Waals surface area (Å²) in [5.41, 5.74) is 4.00. The van der Waals surface area contributed by atoms with Gasteiger partial charge in [-0.15, -0.1) is 0 Å². The van der Waals surface area contributed by atoms with Crippen LogP contribution in [0.25, 0.3) is 0 Å². The van der Waals surface area contributed by atoms with Crippen LogP contribution in [0.3, 0.4) is 0 Å². The van der Waals surface area contributed by atoms with E-state index in [9.17, 15) is 16.8 Å². The number of hydrogen-bond donors (Lipinski definition) is 1. The maximum atomic E-state index is 13.3. The zero-order chi connectivity index (χ0) is 20.7. The van der Waals surface area contributed by atoms with Gasteiger partial charge in [-0.05, 0) is 74.6 Å². The van der Waals surface area contributed by atoms with Gasteiger partial charge in [0.25, 0.3) is 0 Å². The summed E-state index contributed by atoms with van der Waals surface area (Å²) < 4.78 is 50.8. The monoisotopic (exact) mass is 410 g/mol. The average molecular weight is 411 g/mol. The van der Waals surface area contributed by atoms with Gasteiger partial charge in [-0.3, -0.25) is 0 Å². The summed E-state index contributed by atoms with van der Waals surface area (Å²) in [6, 6.07) is 7.43. The van der Waals surface area contributed by atoms with Gasteiger partial charge in [-0.2, -0.15) is 4.31 Å². The maximum Gasteiger partial charge on any atom is 0.243 e. The Morgan fingerprint density at radius 3 is 1.74 bits per heavy atom. The number of nitrogens with zero attached hydrogens (tertiary/aromatic N) is 1. The van der Waals surface area contributed by atoms with Gasteiger partial charge in [-0.1, -0.05) is 18.2 Å². The third-order valence-corrected chi connectivity index (χ3v) is 8.30. The van der Waals surface area contributed by atoms with Crippen LogP contribution < -0.4 is 5.14 Å². The van der Waals surface area contributed by atoms with Crippen molar-refractivity contribution < 1.29 is 16.8 Å². The Kier molecular flexibility index (Phi) is 5.87. The number of benzene rings is 2. The third-order valence-electron chi connectivity index (χ3n) is 5.17. The van der Waals surface area contributed by atoms with Crippen molar-refractivity contribution in [2.75, 3.05) is 7.05 Å². The maximum absolute atomic E-state index is 13.3. The molecule has 27 heavy (non-hydrogen) atoms. The van der Waals surface area contributed by atoms with E-state index in [1.54, 1.807) is 19.1 Å². The molecule has 0 saturated carbocycles. The first-order valence-electron chi connectivity index (χ1n) is 8.46. The van der Waals surface area contributed by atoms with E-state index in [0.717, 1.165) is 22.3 Å². The molecule has 6 nitrogen and oxygen atoms in total. The lowest BCUT2D eigenvalue weighted by Gasteiger charge is -2.27. The zero-order valence-corrected chi connectivity index (χ0v) is 18.1. The average Bonchev–Trinajstić information content (AvgIpc) is 2.58. The smallest absolute Gasteiger partial charge is 0.225 e. The molecule has 2 aromatic carbocycles. The van der Waals surface area contributed by atoms with Crippen LogP contribution in [0.15, 0.2) is 40.1 Å². The molecule has 0 saturated heterocycles. The van der Waals surface area contributed by atoms with Crippen molar-refractivity contribution in [1.29, 1.82) is 0 Å². The van der Waals surface area contributed by atoms with E-state index in [2.05, 4.69) is 0 Å². The van der Waals surface area contributed by atoms with Crippen molar-refractivity contribution in [3.63, 3.8) is 0 Å². The first-order valence-corrected chi connectivity index (χ1v) is 11.4. The molecule has 0 spiro atoms. The van der Waals surface area contributed by atoms with E-state index in [4.69, 9.17) is 5.14 Å². The number of rotatable bonds is 5. The van der Waals surface area contributed by atoms with Crippen molar-refractivity contribution in [3.8, 4) is 0 Å². The first kappa shape index (κ1) is 21.6. The van der Waals surface area contributed by atoms with Crippen LogP contribution in [0.5, 0.6) is 0 Å². The molecule has 148 valence electrons. The molecule has 0 fully saturated rings. The van der Waals surface area contributed by atoms with Crippen LogP contribution >= 0.6 is 0 Å². The minimum absolute atomic E-state index is 0.00930. The number of primary sulfonamides is 1. The molecule has 0 heterocycles. The Balaban J connectivity index is 2.49. The zero-order valence-electron chi connectivity index (χ0n) is 16.4. The minimum Gasteiger partial charge on any atom is -0.225 e. The highest BCUT2D eigenvalue weighted by Crippen LogP contribution is 2.32. The molecule has 1 unspecified atom stereocenters. The largest absolute Gasteiger partial charge is 0.243 e. The van der Waals surface area contributed by atoms with Gasteiger partial charge in [-0.25, -0.2) is 22.0 Å². The van der Waals surface area contributed by atoms with Gasteiger partial charge in [0.2, 0.25) is 20.0 Å². The molecule has 1 atom stereocenters. The number of sulfonamides is 2. The fraction of sp³-hybridized carbons (Fsp3) is 0.368. The Morgan fingerprint density at radius 2 is 1.33 bits per heavy atom. The van der Waals surface area contributed by atoms with E-state index in [0.29, 0.717) is 10.5 Å². The van der Waals surface area contributed by atoms with E-state index in [-0.39, 0.29) is 4.90 Å². The standard InChI is InChI=1S/C19H26N2O4S2/c1-12-11-13(2)15(4)19(14(12)3)27(24,25)21(6)16(5)17-7-9-18(10-8-17)26(20,22)23/h7-11,16H,1-6H3,(H2,20,22,23). The molecule has 0 aromatic heterocycles. The second-order valence-corrected chi connectivity index (χ2v) is 10.4. The molecule has 0 aliphatic heterocycles. The van der Waals surface area contributed by atoms with E-state index >= 15 is 0 Å². The molecular weight excluding hydrogens is 384 g/mol. The third kappa shape index (κ3) is 4.08. The van der Waals surface area contributed by atoms with E-state index < -0.39 is 26.1 Å². The van der Waals surface area contributed by atoms with Crippen LogP contribution in [-0.4, -0.2) is 28.2 Å². The lowest BCUT2D eigenvalue weighted by molar-refractivity contribution is 0.397. The fourth-order valence-corrected chi connectivity index (χ4v) is 5.50. The second kappa shape index (κ2) is 7.35. The molecule has 0 radical (unpaired) electrons. The fourth-order valence-electron chi connectivity index (χ4n) is 3.07. The van der Waals surface area contributed by atoms with Crippen LogP contribution in [0.1, 0.15) is 40.8 Å². The van der Waals surface area contributed by atoms with Gasteiger partial charge < -0.3 is 0 Å². The van der Waals surface area contributed by atoms with Crippen LogP contribution in [-0.2, 0) is 20.0 Å². The highest BCUT2D eigenvalue weighted by molar-refractivity contribution is 7.89. The Labute approximate surface area is 162 Å². The Hall–Kier alpha value is -1.74. The summed E-state index contributed by atoms with van der Waals surface area (Å²) in [4.78, 5) is 0.320. The summed E-state index contributed by atoms with van der Waals surface area (Å²) >= 11 is 0. The Morgan fingerprint density at radius 1 is 0.889 bits per heavy atom. The molecule has 0 bridgehead atoms. The van der Waals surface area contributed by atoms with Crippen molar-refractivity contribution in [2.24, 2.45) is 5.14 Å². The summed E-state index contributed by atoms with van der Waals surface area (Å²) in [5, 5.41) is 5.12. The molecule has 0 aliphatic carbocycles. The second-order valence-electron chi connectivity index (χ2n) is 6.90. The predicted molar refractivity (Wildman–Crippen MR) is 107 cm³/mol. The normalized spacial score (nSPS) is 13.8. The molecule has 0 amide bonds. The van der Waals surface area contributed by atoms with Gasteiger partial charge >= 0.3 is 0 Å². The predicted octanol–water partition coefficient (Wildman–Crippen LogP) is 2.95. The van der Waals surface area contributed by atoms with Gasteiger partial charge in [0.15, 0.2) is 0 Å². The number of hydrogen-bond acceptors (Lipinski definition) is 4. The molecule has 2 rings (SSSR count). The molecule has 2 N–H and O–H groups in total. The molecular formula is C19H26N2O4S2. The topological polar surface area (TPSA) is 97.5 Å². The minimum atomic E-state index is -3.79. The van der Waals surface area contributed by atoms with Gasteiger partial charge in [0.05, 0.1) is 9.79 Å². The van der Waals surface area contributed by atoms with Crippen LogP contribution in [0.2, 0.25) is 0 Å². The first-order chi connectivity index (χ1) is 12.3. The SMILES string of the molecule is Cc1cc(C)c(C)c(S(=O)(=O)N(C)C(C)c2ccc(S(N)(=O)=O)cc2)c1C. The highest BCUT2D eigenvalue weighted by atomic mass is 32.2. The van der Waals surface area contributed by atoms with E-state index in [1.807, 2.05) is 33.8 Å². The van der Waals surface area contributed by atoms with Crippen molar-refractivity contribution >= 4 is 20.0 Å². The van der Waals surface area contributed by atoms with Gasteiger partial charge in [0, 0.05) is 13.1 Å². The summed E-state index contributed by atoms with van der Waals surface area (Å²) in [6.45, 7) is 9.19. The summed E-state index contributed by atoms with van der Waals surface area (Å²) in [7, 11) is -6.00. The molecule has 8 heteroatoms. The highest BCUT2D eigenvalue weighted by Gasteiger charge is 2.30. The van der Waals surface area contributed by atoms with Crippen molar-refractivity contribution in [2.45, 2.75) is 50.5 Å². The molecule has 2 aromatic rings. The lowest BCUT2D eigenvalue weighted by Crippen LogP contribution is -2.31. The Bertz CT molecular complexity index is 1050. The number of nitrogens with two attached hydrogens (primary N) is 1. The lowest BCUT2D eigenvalue weighted by atomic mass is 10.0. The van der Waals surface area contributed by atoms with Crippen LogP contribution in [0.4, 0.5) is 0 Å². The van der Waals surface area contributed by atoms with Crippen molar-refractivity contribution in [1.82, 2.24) is 4.31 Å². The molecule has 0 aliphatic rings. The quantitative estimate of drug-likeness (QED) is 0.819. The number of aryl methyl sites for hydroxylation is 2. The van der Waals surface area contributed by atoms with E-state index in [1.165, 1.54) is 23.5 Å². The van der Waals surface area contributed by atoms with Crippen molar-refractivity contribution in [3.05, 3.63) is 58.1 Å².